The molecule has 0 aromatic heterocycles. The van der Waals surface area contributed by atoms with Crippen molar-refractivity contribution in [2.75, 3.05) is 29.2 Å². The summed E-state index contributed by atoms with van der Waals surface area (Å²) in [5, 5.41) is 5.48. The highest BCUT2D eigenvalue weighted by Crippen LogP contribution is 2.30. The molecule has 7 nitrogen and oxygen atoms in total. The van der Waals surface area contributed by atoms with Crippen molar-refractivity contribution in [3.63, 3.8) is 0 Å². The maximum Gasteiger partial charge on any atom is 0.265 e. The van der Waals surface area contributed by atoms with Gasteiger partial charge in [-0.15, -0.1) is 11.8 Å². The van der Waals surface area contributed by atoms with Crippen LogP contribution in [0, 0.1) is 0 Å². The van der Waals surface area contributed by atoms with E-state index in [9.17, 15) is 14.4 Å². The van der Waals surface area contributed by atoms with Crippen LogP contribution in [0.4, 0.5) is 11.4 Å². The van der Waals surface area contributed by atoms with Gasteiger partial charge in [0.25, 0.3) is 5.91 Å². The number of ketones is 1. The summed E-state index contributed by atoms with van der Waals surface area (Å²) in [6.07, 6.45) is -0.561. The van der Waals surface area contributed by atoms with Gasteiger partial charge < -0.3 is 20.1 Å². The fraction of sp³-hybridized carbons (Fsp3) is 0.250. The maximum atomic E-state index is 12.4. The molecule has 0 spiro atoms. The second kappa shape index (κ2) is 8.79. The van der Waals surface area contributed by atoms with Crippen LogP contribution < -0.4 is 20.1 Å². The molecule has 1 aliphatic heterocycles. The first-order chi connectivity index (χ1) is 13.5. The van der Waals surface area contributed by atoms with Gasteiger partial charge in [-0.1, -0.05) is 0 Å². The van der Waals surface area contributed by atoms with E-state index >= 15 is 0 Å². The molecular formula is C20H20N2O5S. The monoisotopic (exact) mass is 400 g/mol. The van der Waals surface area contributed by atoms with E-state index in [0.29, 0.717) is 28.4 Å². The molecule has 0 radical (unpaired) electrons. The molecule has 1 atom stereocenters. The van der Waals surface area contributed by atoms with Crippen LogP contribution in [0.3, 0.4) is 0 Å². The van der Waals surface area contributed by atoms with Crippen molar-refractivity contribution in [3.05, 3.63) is 48.0 Å². The molecule has 1 aliphatic rings. The number of fused-ring (bicyclic) bond motifs is 1. The van der Waals surface area contributed by atoms with Crippen molar-refractivity contribution in [2.45, 2.75) is 13.0 Å². The number of rotatable bonds is 7. The number of hydrogen-bond donors (Lipinski definition) is 2. The quantitative estimate of drug-likeness (QED) is 0.694. The first kappa shape index (κ1) is 19.8. The molecule has 0 saturated heterocycles. The van der Waals surface area contributed by atoms with Gasteiger partial charge in [0.15, 0.2) is 11.9 Å². The molecule has 28 heavy (non-hydrogen) atoms. The van der Waals surface area contributed by atoms with Crippen LogP contribution in [-0.2, 0) is 9.59 Å². The number of thioether (sulfide) groups is 1. The van der Waals surface area contributed by atoms with Gasteiger partial charge in [-0.3, -0.25) is 14.4 Å². The summed E-state index contributed by atoms with van der Waals surface area (Å²) >= 11 is 1.22. The van der Waals surface area contributed by atoms with Crippen LogP contribution in [0.5, 0.6) is 11.5 Å². The van der Waals surface area contributed by atoms with E-state index in [1.165, 1.54) is 11.8 Å². The Kier molecular flexibility index (Phi) is 6.20. The standard InChI is InChI=1S/C20H20N2O5S/c1-12-20(25)22-16-9-13(3-8-18(16)27-12)17(23)10-28-11-19(24)21-14-4-6-15(26-2)7-5-14/h3-9,12H,10-11H2,1-2H3,(H,21,24)(H,22,25). The highest BCUT2D eigenvalue weighted by molar-refractivity contribution is 8.00. The number of ether oxygens (including phenoxy) is 2. The molecule has 0 aliphatic carbocycles. The molecule has 0 bridgehead atoms. The fourth-order valence-electron chi connectivity index (χ4n) is 2.57. The lowest BCUT2D eigenvalue weighted by atomic mass is 10.1. The Morgan fingerprint density at radius 3 is 2.64 bits per heavy atom. The van der Waals surface area contributed by atoms with Crippen LogP contribution in [0.15, 0.2) is 42.5 Å². The predicted molar refractivity (Wildman–Crippen MR) is 108 cm³/mol. The first-order valence-electron chi connectivity index (χ1n) is 8.62. The Labute approximate surface area is 166 Å². The van der Waals surface area contributed by atoms with Crippen LogP contribution in [0.1, 0.15) is 17.3 Å². The SMILES string of the molecule is COc1ccc(NC(=O)CSCC(=O)c2ccc3c(c2)NC(=O)C(C)O3)cc1. The summed E-state index contributed by atoms with van der Waals surface area (Å²) in [4.78, 5) is 36.1. The molecule has 2 aromatic carbocycles. The molecular weight excluding hydrogens is 380 g/mol. The normalized spacial score (nSPS) is 15.1. The Morgan fingerprint density at radius 2 is 1.93 bits per heavy atom. The number of hydrogen-bond acceptors (Lipinski definition) is 6. The number of benzene rings is 2. The Morgan fingerprint density at radius 1 is 1.18 bits per heavy atom. The lowest BCUT2D eigenvalue weighted by Gasteiger charge is -2.23. The zero-order valence-corrected chi connectivity index (χ0v) is 16.3. The maximum absolute atomic E-state index is 12.4. The molecule has 2 aromatic rings. The average molecular weight is 400 g/mol. The van der Waals surface area contributed by atoms with Gasteiger partial charge >= 0.3 is 0 Å². The first-order valence-corrected chi connectivity index (χ1v) is 9.78. The van der Waals surface area contributed by atoms with Gasteiger partial charge in [-0.25, -0.2) is 0 Å². The third kappa shape index (κ3) is 4.83. The predicted octanol–water partition coefficient (Wildman–Crippen LogP) is 2.97. The summed E-state index contributed by atoms with van der Waals surface area (Å²) in [6.45, 7) is 1.66. The van der Waals surface area contributed by atoms with E-state index in [1.807, 2.05) is 0 Å². The second-order valence-corrected chi connectivity index (χ2v) is 7.14. The van der Waals surface area contributed by atoms with E-state index in [0.717, 1.165) is 0 Å². The van der Waals surface area contributed by atoms with Crippen LogP contribution in [0.2, 0.25) is 0 Å². The minimum Gasteiger partial charge on any atom is -0.497 e. The largest absolute Gasteiger partial charge is 0.497 e. The Hall–Kier alpha value is -3.00. The summed E-state index contributed by atoms with van der Waals surface area (Å²) in [5.74, 6) is 0.983. The number of carbonyl (C=O) groups excluding carboxylic acids is 3. The van der Waals surface area contributed by atoms with Crippen molar-refractivity contribution in [1.29, 1.82) is 0 Å². The number of carbonyl (C=O) groups is 3. The summed E-state index contributed by atoms with van der Waals surface area (Å²) < 4.78 is 10.5. The van der Waals surface area contributed by atoms with Crippen molar-refractivity contribution in [1.82, 2.24) is 0 Å². The summed E-state index contributed by atoms with van der Waals surface area (Å²) in [7, 11) is 1.57. The summed E-state index contributed by atoms with van der Waals surface area (Å²) in [6, 6.07) is 11.9. The minimum atomic E-state index is -0.561. The van der Waals surface area contributed by atoms with Crippen LogP contribution in [0.25, 0.3) is 0 Å². The number of amides is 2. The van der Waals surface area contributed by atoms with Gasteiger partial charge in [0, 0.05) is 11.3 Å². The van der Waals surface area contributed by atoms with Crippen molar-refractivity contribution < 1.29 is 23.9 Å². The zero-order valence-electron chi connectivity index (χ0n) is 15.5. The Bertz CT molecular complexity index is 898. The van der Waals surface area contributed by atoms with E-state index in [2.05, 4.69) is 10.6 Å². The highest BCUT2D eigenvalue weighted by Gasteiger charge is 2.24. The molecule has 8 heteroatoms. The van der Waals surface area contributed by atoms with Crippen LogP contribution in [-0.4, -0.2) is 42.3 Å². The smallest absolute Gasteiger partial charge is 0.265 e. The van der Waals surface area contributed by atoms with Crippen molar-refractivity contribution >= 4 is 40.7 Å². The third-order valence-electron chi connectivity index (χ3n) is 4.07. The molecule has 2 N–H and O–H groups in total. The fourth-order valence-corrected chi connectivity index (χ4v) is 3.29. The molecule has 1 heterocycles. The van der Waals surface area contributed by atoms with Crippen molar-refractivity contribution in [2.24, 2.45) is 0 Å². The van der Waals surface area contributed by atoms with Gasteiger partial charge in [0.05, 0.1) is 24.3 Å². The van der Waals surface area contributed by atoms with E-state index in [4.69, 9.17) is 9.47 Å². The van der Waals surface area contributed by atoms with Gasteiger partial charge in [-0.2, -0.15) is 0 Å². The molecule has 146 valence electrons. The van der Waals surface area contributed by atoms with E-state index in [-0.39, 0.29) is 29.1 Å². The van der Waals surface area contributed by atoms with Gasteiger partial charge in [0.2, 0.25) is 5.91 Å². The highest BCUT2D eigenvalue weighted by atomic mass is 32.2. The zero-order chi connectivity index (χ0) is 20.1. The number of Topliss-reactive ketones (excluding diaryl/α,β-unsaturated/α-hetero) is 1. The van der Waals surface area contributed by atoms with E-state index < -0.39 is 6.10 Å². The number of anilines is 2. The lowest BCUT2D eigenvalue weighted by Crippen LogP contribution is -2.34. The van der Waals surface area contributed by atoms with Gasteiger partial charge in [-0.05, 0) is 49.4 Å². The summed E-state index contributed by atoms with van der Waals surface area (Å²) in [5.41, 5.74) is 1.61. The molecule has 0 fully saturated rings. The molecule has 1 unspecified atom stereocenters. The molecule has 2 amide bonds. The molecule has 0 saturated carbocycles. The average Bonchev–Trinajstić information content (AvgIpc) is 2.69. The topological polar surface area (TPSA) is 93.7 Å². The van der Waals surface area contributed by atoms with Crippen molar-refractivity contribution in [3.8, 4) is 11.5 Å². The van der Waals surface area contributed by atoms with Crippen LogP contribution >= 0.6 is 11.8 Å². The number of methoxy groups -OCH3 is 1. The van der Waals surface area contributed by atoms with E-state index in [1.54, 1.807) is 56.5 Å². The third-order valence-corrected chi connectivity index (χ3v) is 5.01. The number of nitrogens with one attached hydrogen (secondary N) is 2. The Balaban J connectivity index is 1.49. The minimum absolute atomic E-state index is 0.127. The second-order valence-electron chi connectivity index (χ2n) is 6.15. The lowest BCUT2D eigenvalue weighted by molar-refractivity contribution is -0.122. The van der Waals surface area contributed by atoms with Gasteiger partial charge in [0.1, 0.15) is 11.5 Å². The molecule has 3 rings (SSSR count).